The van der Waals surface area contributed by atoms with Crippen LogP contribution < -0.4 is 10.2 Å². The molecule has 4 amide bonds. The van der Waals surface area contributed by atoms with E-state index in [1.807, 2.05) is 12.1 Å². The zero-order valence-electron chi connectivity index (χ0n) is 13.3. The molecule has 1 aromatic carbocycles. The van der Waals surface area contributed by atoms with Crippen LogP contribution in [0.2, 0.25) is 0 Å². The largest absolute Gasteiger partial charge is 0.465 e. The normalized spacial score (nSPS) is 16.9. The molecule has 0 spiro atoms. The van der Waals surface area contributed by atoms with Gasteiger partial charge in [-0.2, -0.15) is 0 Å². The van der Waals surface area contributed by atoms with Crippen molar-refractivity contribution in [3.63, 3.8) is 0 Å². The highest BCUT2D eigenvalue weighted by Crippen LogP contribution is 2.24. The molecule has 1 aromatic heterocycles. The van der Waals surface area contributed by atoms with Gasteiger partial charge in [-0.25, -0.2) is 9.69 Å². The minimum Gasteiger partial charge on any atom is -0.465 e. The fourth-order valence-electron chi connectivity index (χ4n) is 2.42. The standard InChI is InChI=1S/C18H16N2O4/c1-11(2)12-5-7-13(8-6-12)20-17(22)15(16(21)19-18(20)23)10-14-4-3-9-24-14/h3-11H,1-2H3,(H,19,21,23)/b15-10+. The van der Waals surface area contributed by atoms with E-state index in [1.54, 1.807) is 24.3 Å². The first-order valence-electron chi connectivity index (χ1n) is 7.52. The molecule has 2 aromatic rings. The van der Waals surface area contributed by atoms with Gasteiger partial charge in [-0.15, -0.1) is 0 Å². The minimum absolute atomic E-state index is 0.155. The van der Waals surface area contributed by atoms with Gasteiger partial charge in [0.1, 0.15) is 11.3 Å². The van der Waals surface area contributed by atoms with Crippen molar-refractivity contribution in [1.29, 1.82) is 0 Å². The molecule has 0 unspecified atom stereocenters. The van der Waals surface area contributed by atoms with Crippen LogP contribution in [-0.2, 0) is 9.59 Å². The lowest BCUT2D eigenvalue weighted by molar-refractivity contribution is -0.122. The molecule has 0 aliphatic carbocycles. The Balaban J connectivity index is 1.96. The van der Waals surface area contributed by atoms with E-state index in [4.69, 9.17) is 4.42 Å². The van der Waals surface area contributed by atoms with E-state index in [2.05, 4.69) is 19.2 Å². The summed E-state index contributed by atoms with van der Waals surface area (Å²) in [4.78, 5) is 37.6. The molecule has 2 heterocycles. The highest BCUT2D eigenvalue weighted by Gasteiger charge is 2.36. The SMILES string of the molecule is CC(C)c1ccc(N2C(=O)NC(=O)/C(=C\c3ccco3)C2=O)cc1. The van der Waals surface area contributed by atoms with Crippen molar-refractivity contribution in [2.45, 2.75) is 19.8 Å². The highest BCUT2D eigenvalue weighted by atomic mass is 16.3. The molecule has 3 rings (SSSR count). The van der Waals surface area contributed by atoms with Crippen LogP contribution in [0.3, 0.4) is 0 Å². The van der Waals surface area contributed by atoms with Crippen molar-refractivity contribution < 1.29 is 18.8 Å². The third kappa shape index (κ3) is 2.86. The summed E-state index contributed by atoms with van der Waals surface area (Å²) in [5, 5.41) is 2.18. The number of hydrogen-bond donors (Lipinski definition) is 1. The van der Waals surface area contributed by atoms with Gasteiger partial charge >= 0.3 is 6.03 Å². The zero-order valence-corrected chi connectivity index (χ0v) is 13.3. The van der Waals surface area contributed by atoms with Crippen LogP contribution in [0.25, 0.3) is 6.08 Å². The van der Waals surface area contributed by atoms with Crippen molar-refractivity contribution in [2.75, 3.05) is 4.90 Å². The van der Waals surface area contributed by atoms with E-state index in [1.165, 1.54) is 12.3 Å². The Morgan fingerprint density at radius 2 is 1.79 bits per heavy atom. The molecule has 0 saturated carbocycles. The van der Waals surface area contributed by atoms with Crippen LogP contribution in [0, 0.1) is 0 Å². The number of urea groups is 1. The van der Waals surface area contributed by atoms with Gasteiger partial charge in [0.05, 0.1) is 12.0 Å². The van der Waals surface area contributed by atoms with Crippen LogP contribution in [0.15, 0.2) is 52.7 Å². The van der Waals surface area contributed by atoms with Crippen LogP contribution in [0.5, 0.6) is 0 Å². The van der Waals surface area contributed by atoms with E-state index in [-0.39, 0.29) is 5.57 Å². The van der Waals surface area contributed by atoms with Crippen LogP contribution in [0.1, 0.15) is 31.1 Å². The van der Waals surface area contributed by atoms with Gasteiger partial charge in [0, 0.05) is 0 Å². The molecular weight excluding hydrogens is 308 g/mol. The lowest BCUT2D eigenvalue weighted by Crippen LogP contribution is -2.54. The molecule has 1 saturated heterocycles. The Morgan fingerprint density at radius 1 is 1.08 bits per heavy atom. The molecule has 24 heavy (non-hydrogen) atoms. The van der Waals surface area contributed by atoms with Gasteiger partial charge in [-0.1, -0.05) is 26.0 Å². The average molecular weight is 324 g/mol. The summed E-state index contributed by atoms with van der Waals surface area (Å²) < 4.78 is 5.13. The third-order valence-corrected chi connectivity index (χ3v) is 3.75. The first kappa shape index (κ1) is 15.7. The number of nitrogens with zero attached hydrogens (tertiary/aromatic N) is 1. The van der Waals surface area contributed by atoms with Gasteiger partial charge in [0.2, 0.25) is 0 Å². The number of nitrogens with one attached hydrogen (secondary N) is 1. The van der Waals surface area contributed by atoms with Crippen molar-refractivity contribution in [1.82, 2.24) is 5.32 Å². The maximum absolute atomic E-state index is 12.6. The molecule has 0 bridgehead atoms. The monoisotopic (exact) mass is 324 g/mol. The molecule has 122 valence electrons. The molecular formula is C18H16N2O4. The van der Waals surface area contributed by atoms with Crippen molar-refractivity contribution >= 4 is 29.6 Å². The summed E-state index contributed by atoms with van der Waals surface area (Å²) in [5.74, 6) is -0.729. The van der Waals surface area contributed by atoms with Crippen LogP contribution >= 0.6 is 0 Å². The van der Waals surface area contributed by atoms with E-state index < -0.39 is 17.8 Å². The Morgan fingerprint density at radius 3 is 2.38 bits per heavy atom. The number of carbonyl (C=O) groups excluding carboxylic acids is 3. The van der Waals surface area contributed by atoms with Gasteiger partial charge in [0.15, 0.2) is 0 Å². The number of carbonyl (C=O) groups is 3. The Kier molecular flexibility index (Phi) is 4.04. The second-order valence-electron chi connectivity index (χ2n) is 5.72. The van der Waals surface area contributed by atoms with Gasteiger partial charge in [-0.05, 0) is 41.8 Å². The Labute approximate surface area is 138 Å². The molecule has 1 N–H and O–H groups in total. The predicted molar refractivity (Wildman–Crippen MR) is 88.2 cm³/mol. The summed E-state index contributed by atoms with van der Waals surface area (Å²) in [6, 6.07) is 9.58. The summed E-state index contributed by atoms with van der Waals surface area (Å²) in [5.41, 5.74) is 1.34. The van der Waals surface area contributed by atoms with E-state index >= 15 is 0 Å². The summed E-state index contributed by atoms with van der Waals surface area (Å²) in [6.07, 6.45) is 2.75. The van der Waals surface area contributed by atoms with Gasteiger partial charge in [0.25, 0.3) is 11.8 Å². The first-order chi connectivity index (χ1) is 11.5. The number of amides is 4. The summed E-state index contributed by atoms with van der Waals surface area (Å²) >= 11 is 0. The molecule has 6 heteroatoms. The minimum atomic E-state index is -0.765. The second kappa shape index (κ2) is 6.16. The van der Waals surface area contributed by atoms with Crippen molar-refractivity contribution in [3.8, 4) is 0 Å². The van der Waals surface area contributed by atoms with Crippen LogP contribution in [0.4, 0.5) is 10.5 Å². The number of rotatable bonds is 3. The Hall–Kier alpha value is -3.15. The maximum Gasteiger partial charge on any atom is 0.335 e. The average Bonchev–Trinajstić information content (AvgIpc) is 3.05. The molecule has 1 fully saturated rings. The number of furan rings is 1. The van der Waals surface area contributed by atoms with Gasteiger partial charge < -0.3 is 4.42 Å². The zero-order chi connectivity index (χ0) is 17.3. The van der Waals surface area contributed by atoms with Crippen molar-refractivity contribution in [3.05, 3.63) is 59.6 Å². The first-order valence-corrected chi connectivity index (χ1v) is 7.52. The molecule has 0 radical (unpaired) electrons. The topological polar surface area (TPSA) is 79.6 Å². The fourth-order valence-corrected chi connectivity index (χ4v) is 2.42. The molecule has 1 aliphatic rings. The number of anilines is 1. The fraction of sp³-hybridized carbons (Fsp3) is 0.167. The third-order valence-electron chi connectivity index (χ3n) is 3.75. The summed E-state index contributed by atoms with van der Waals surface area (Å²) in [6.45, 7) is 4.10. The summed E-state index contributed by atoms with van der Waals surface area (Å²) in [7, 11) is 0. The second-order valence-corrected chi connectivity index (χ2v) is 5.72. The van der Waals surface area contributed by atoms with Crippen LogP contribution in [-0.4, -0.2) is 17.8 Å². The maximum atomic E-state index is 12.6. The quantitative estimate of drug-likeness (QED) is 0.695. The molecule has 6 nitrogen and oxygen atoms in total. The molecule has 1 aliphatic heterocycles. The van der Waals surface area contributed by atoms with Gasteiger partial charge in [-0.3, -0.25) is 14.9 Å². The van der Waals surface area contributed by atoms with E-state index in [0.29, 0.717) is 17.4 Å². The number of imide groups is 2. The molecule has 0 atom stereocenters. The predicted octanol–water partition coefficient (Wildman–Crippen LogP) is 3.07. The highest BCUT2D eigenvalue weighted by molar-refractivity contribution is 6.39. The lowest BCUT2D eigenvalue weighted by atomic mass is 10.0. The van der Waals surface area contributed by atoms with E-state index in [0.717, 1.165) is 10.5 Å². The lowest BCUT2D eigenvalue weighted by Gasteiger charge is -2.26. The number of barbiturate groups is 1. The Bertz CT molecular complexity index is 817. The smallest absolute Gasteiger partial charge is 0.335 e. The number of benzene rings is 1. The van der Waals surface area contributed by atoms with Crippen molar-refractivity contribution in [2.24, 2.45) is 0 Å². The number of hydrogen-bond acceptors (Lipinski definition) is 4. The van der Waals surface area contributed by atoms with E-state index in [9.17, 15) is 14.4 Å².